The molecule has 1 amide bonds. The summed E-state index contributed by atoms with van der Waals surface area (Å²) in [6.07, 6.45) is 3.29. The largest absolute Gasteiger partial charge is 0.454 e. The number of hydrogen-bond acceptors (Lipinski definition) is 7. The number of rotatable bonds is 2. The summed E-state index contributed by atoms with van der Waals surface area (Å²) in [5.41, 5.74) is 2.78. The van der Waals surface area contributed by atoms with E-state index in [1.54, 1.807) is 34.9 Å². The Balaban J connectivity index is 1.66. The molecule has 1 unspecified atom stereocenters. The average Bonchev–Trinajstić information content (AvgIpc) is 3.23. The molecule has 8 nitrogen and oxygen atoms in total. The van der Waals surface area contributed by atoms with Gasteiger partial charge in [-0.2, -0.15) is 9.78 Å². The molecule has 1 N–H and O–H groups in total. The van der Waals surface area contributed by atoms with E-state index in [4.69, 9.17) is 9.47 Å². The van der Waals surface area contributed by atoms with Crippen molar-refractivity contribution >= 4 is 23.5 Å². The van der Waals surface area contributed by atoms with Crippen LogP contribution in [-0.4, -0.2) is 38.2 Å². The molecule has 3 aromatic rings. The number of hydrogen-bond donors (Lipinski definition) is 1. The minimum atomic E-state index is -0.0819. The van der Waals surface area contributed by atoms with Gasteiger partial charge in [0.1, 0.15) is 5.82 Å². The summed E-state index contributed by atoms with van der Waals surface area (Å²) in [5, 5.41) is 7.48. The summed E-state index contributed by atoms with van der Waals surface area (Å²) < 4.78 is 12.5. The summed E-state index contributed by atoms with van der Waals surface area (Å²) in [6.45, 7) is 2.15. The predicted molar refractivity (Wildman–Crippen MR) is 99.4 cm³/mol. The van der Waals surface area contributed by atoms with Crippen molar-refractivity contribution in [1.82, 2.24) is 19.7 Å². The maximum absolute atomic E-state index is 12.3. The summed E-state index contributed by atoms with van der Waals surface area (Å²) in [4.78, 5) is 20.9. The molecule has 5 rings (SSSR count). The number of thioether (sulfide) groups is 1. The molecule has 0 spiro atoms. The van der Waals surface area contributed by atoms with Gasteiger partial charge in [0.05, 0.1) is 16.7 Å². The number of nitrogens with one attached hydrogen (secondary N) is 1. The van der Waals surface area contributed by atoms with Crippen molar-refractivity contribution in [1.29, 1.82) is 0 Å². The predicted octanol–water partition coefficient (Wildman–Crippen LogP) is 2.47. The van der Waals surface area contributed by atoms with Crippen molar-refractivity contribution in [2.75, 3.05) is 17.9 Å². The Labute approximate surface area is 158 Å². The first kappa shape index (κ1) is 16.1. The van der Waals surface area contributed by atoms with Crippen molar-refractivity contribution in [3.8, 4) is 17.4 Å². The van der Waals surface area contributed by atoms with E-state index in [1.165, 1.54) is 0 Å². The topological polar surface area (TPSA) is 91.2 Å². The quantitative estimate of drug-likeness (QED) is 0.729. The smallest absolute Gasteiger partial charge is 0.252 e. The number of aromatic nitrogens is 4. The number of benzene rings is 1. The number of aryl methyl sites for hydroxylation is 1. The molecule has 1 atom stereocenters. The van der Waals surface area contributed by atoms with Gasteiger partial charge in [-0.1, -0.05) is 6.07 Å². The van der Waals surface area contributed by atoms with Crippen molar-refractivity contribution in [3.63, 3.8) is 0 Å². The minimum absolute atomic E-state index is 0.0779. The third-order valence-corrected chi connectivity index (χ3v) is 5.72. The molecule has 0 saturated carbocycles. The van der Waals surface area contributed by atoms with Crippen LogP contribution < -0.4 is 14.8 Å². The minimum Gasteiger partial charge on any atom is -0.454 e. The number of amides is 1. The van der Waals surface area contributed by atoms with E-state index in [1.807, 2.05) is 25.1 Å². The van der Waals surface area contributed by atoms with Gasteiger partial charge in [-0.3, -0.25) is 4.79 Å². The fourth-order valence-electron chi connectivity index (χ4n) is 3.27. The maximum atomic E-state index is 12.3. The molecule has 2 aromatic heterocycles. The second kappa shape index (κ2) is 6.27. The van der Waals surface area contributed by atoms with Crippen molar-refractivity contribution in [3.05, 3.63) is 53.5 Å². The van der Waals surface area contributed by atoms with Crippen molar-refractivity contribution in [2.45, 2.75) is 12.2 Å². The molecule has 2 aliphatic heterocycles. The highest BCUT2D eigenvalue weighted by Gasteiger charge is 2.32. The lowest BCUT2D eigenvalue weighted by Crippen LogP contribution is -2.16. The molecule has 9 heteroatoms. The monoisotopic (exact) mass is 381 g/mol. The van der Waals surface area contributed by atoms with E-state index < -0.39 is 0 Å². The van der Waals surface area contributed by atoms with Crippen LogP contribution in [-0.2, 0) is 4.79 Å². The Hall–Kier alpha value is -3.07. The first-order chi connectivity index (χ1) is 13.2. The second-order valence-corrected chi connectivity index (χ2v) is 7.25. The lowest BCUT2D eigenvalue weighted by Gasteiger charge is -2.15. The summed E-state index contributed by atoms with van der Waals surface area (Å²) in [6, 6.07) is 7.61. The van der Waals surface area contributed by atoms with Gasteiger partial charge >= 0.3 is 0 Å². The fraction of sp³-hybridized carbons (Fsp3) is 0.222. The van der Waals surface area contributed by atoms with Gasteiger partial charge in [0.25, 0.3) is 5.95 Å². The van der Waals surface area contributed by atoms with Gasteiger partial charge in [-0.15, -0.1) is 11.8 Å². The van der Waals surface area contributed by atoms with Crippen LogP contribution in [0.1, 0.15) is 22.1 Å². The third kappa shape index (κ3) is 2.71. The lowest BCUT2D eigenvalue weighted by molar-refractivity contribution is -0.113. The van der Waals surface area contributed by atoms with Gasteiger partial charge in [-0.25, -0.2) is 9.97 Å². The van der Waals surface area contributed by atoms with E-state index in [9.17, 15) is 4.79 Å². The van der Waals surface area contributed by atoms with Crippen LogP contribution in [0.25, 0.3) is 5.95 Å². The van der Waals surface area contributed by atoms with Crippen LogP contribution in [0.5, 0.6) is 11.5 Å². The Morgan fingerprint density at radius 1 is 1.22 bits per heavy atom. The second-order valence-electron chi connectivity index (χ2n) is 6.16. The van der Waals surface area contributed by atoms with E-state index in [0.29, 0.717) is 17.5 Å². The molecular weight excluding hydrogens is 366 g/mol. The highest BCUT2D eigenvalue weighted by atomic mass is 32.2. The highest BCUT2D eigenvalue weighted by molar-refractivity contribution is 8.00. The summed E-state index contributed by atoms with van der Waals surface area (Å²) in [7, 11) is 0. The van der Waals surface area contributed by atoms with Gasteiger partial charge in [0.15, 0.2) is 11.5 Å². The van der Waals surface area contributed by atoms with Crippen LogP contribution in [0.3, 0.4) is 0 Å². The molecule has 2 aliphatic rings. The molecule has 0 saturated heterocycles. The van der Waals surface area contributed by atoms with Crippen LogP contribution >= 0.6 is 11.8 Å². The van der Waals surface area contributed by atoms with Crippen LogP contribution in [0.15, 0.2) is 36.7 Å². The Morgan fingerprint density at radius 2 is 2.04 bits per heavy atom. The Bertz CT molecular complexity index is 1040. The maximum Gasteiger partial charge on any atom is 0.252 e. The normalized spacial score (nSPS) is 18.0. The SMILES string of the molecule is Cc1nn(-c2ncccn2)c2c1C(c1ccc3c(c1)OCO3)SCC(=O)N2. The van der Waals surface area contributed by atoms with E-state index in [2.05, 4.69) is 20.4 Å². The Morgan fingerprint density at radius 3 is 2.89 bits per heavy atom. The Kier molecular flexibility index (Phi) is 3.75. The number of carbonyl (C=O) groups is 1. The van der Waals surface area contributed by atoms with Crippen LogP contribution in [0.4, 0.5) is 5.82 Å². The molecule has 0 aliphatic carbocycles. The zero-order valence-corrected chi connectivity index (χ0v) is 15.2. The molecule has 0 fully saturated rings. The third-order valence-electron chi connectivity index (χ3n) is 4.45. The first-order valence-corrected chi connectivity index (χ1v) is 9.43. The molecule has 136 valence electrons. The molecular formula is C18H15N5O3S. The molecule has 4 heterocycles. The number of anilines is 1. The van der Waals surface area contributed by atoms with Gasteiger partial charge < -0.3 is 14.8 Å². The highest BCUT2D eigenvalue weighted by Crippen LogP contribution is 2.46. The van der Waals surface area contributed by atoms with E-state index in [-0.39, 0.29) is 18.0 Å². The average molecular weight is 381 g/mol. The van der Waals surface area contributed by atoms with Crippen molar-refractivity contribution in [2.24, 2.45) is 0 Å². The standard InChI is InChI=1S/C18H15N5O3S/c1-10-15-16(11-3-4-12-13(7-11)26-9-25-12)27-8-14(24)21-17(15)23(22-10)18-19-5-2-6-20-18/h2-7,16H,8-9H2,1H3,(H,21,24). The molecule has 0 bridgehead atoms. The number of nitrogens with zero attached hydrogens (tertiary/aromatic N) is 4. The first-order valence-electron chi connectivity index (χ1n) is 8.38. The number of carbonyl (C=O) groups excluding carboxylic acids is 1. The van der Waals surface area contributed by atoms with Gasteiger partial charge in [0, 0.05) is 18.0 Å². The molecule has 1 aromatic carbocycles. The summed E-state index contributed by atoms with van der Waals surface area (Å²) in [5.74, 6) is 2.73. The van der Waals surface area contributed by atoms with Crippen LogP contribution in [0.2, 0.25) is 0 Å². The summed E-state index contributed by atoms with van der Waals surface area (Å²) >= 11 is 1.55. The van der Waals surface area contributed by atoms with Crippen LogP contribution in [0, 0.1) is 6.92 Å². The van der Waals surface area contributed by atoms with E-state index >= 15 is 0 Å². The number of ether oxygens (including phenoxy) is 2. The zero-order chi connectivity index (χ0) is 18.4. The molecule has 0 radical (unpaired) electrons. The van der Waals surface area contributed by atoms with Gasteiger partial charge in [0.2, 0.25) is 12.7 Å². The van der Waals surface area contributed by atoms with Gasteiger partial charge in [-0.05, 0) is 30.7 Å². The molecule has 27 heavy (non-hydrogen) atoms. The zero-order valence-electron chi connectivity index (χ0n) is 14.4. The number of fused-ring (bicyclic) bond motifs is 2. The van der Waals surface area contributed by atoms with Crippen molar-refractivity contribution < 1.29 is 14.3 Å². The van der Waals surface area contributed by atoms with E-state index in [0.717, 1.165) is 28.3 Å². The fourth-order valence-corrected chi connectivity index (χ4v) is 4.45. The lowest BCUT2D eigenvalue weighted by atomic mass is 10.0.